The van der Waals surface area contributed by atoms with Crippen LogP contribution in [0.4, 0.5) is 5.69 Å². The number of hydrogen-bond acceptors (Lipinski definition) is 6. The van der Waals surface area contributed by atoms with Crippen molar-refractivity contribution in [3.63, 3.8) is 0 Å². The van der Waals surface area contributed by atoms with Gasteiger partial charge in [-0.25, -0.2) is 14.8 Å². The number of carboxylic acid groups (broad SMARTS) is 1. The topological polar surface area (TPSA) is 105 Å². The first-order chi connectivity index (χ1) is 20.8. The first-order valence-electron chi connectivity index (χ1n) is 14.8. The minimum Gasteiger partial charge on any atom is -0.494 e. The lowest BCUT2D eigenvalue weighted by Gasteiger charge is -2.16. The number of aromatic nitrogens is 2. The van der Waals surface area contributed by atoms with Gasteiger partial charge in [-0.2, -0.15) is 0 Å². The molecule has 43 heavy (non-hydrogen) atoms. The van der Waals surface area contributed by atoms with Gasteiger partial charge in [-0.3, -0.25) is 4.79 Å². The molecule has 8 nitrogen and oxygen atoms in total. The van der Waals surface area contributed by atoms with Crippen molar-refractivity contribution >= 4 is 17.6 Å². The Kier molecular flexibility index (Phi) is 11.2. The summed E-state index contributed by atoms with van der Waals surface area (Å²) in [6, 6.07) is 21.3. The van der Waals surface area contributed by atoms with Crippen LogP contribution in [0, 0.1) is 0 Å². The molecule has 3 aromatic carbocycles. The molecule has 1 atom stereocenters. The molecule has 1 heterocycles. The summed E-state index contributed by atoms with van der Waals surface area (Å²) in [4.78, 5) is 35.6. The van der Waals surface area contributed by atoms with E-state index in [1.54, 1.807) is 24.5 Å². The summed E-state index contributed by atoms with van der Waals surface area (Å²) in [5.41, 5.74) is 4.86. The Morgan fingerprint density at radius 3 is 2.05 bits per heavy atom. The van der Waals surface area contributed by atoms with Gasteiger partial charge in [0, 0.05) is 55.3 Å². The number of benzene rings is 3. The highest BCUT2D eigenvalue weighted by Gasteiger charge is 2.21. The normalized spacial score (nSPS) is 11.5. The maximum Gasteiger partial charge on any atom is 0.326 e. The standard InChI is InChI=1S/C35H40N4O4/c1-4-5-6-7-8-21-43-31-19-15-26(16-20-31)29-23-36-33(37-24-29)27-11-9-25(10-12-27)22-32(35(41)42)38-34(40)28-13-17-30(18-14-28)39(2)3/h9-20,23-24,32H,4-8,21-22H2,1-3H3,(H,38,40)(H,41,42). The van der Waals surface area contributed by atoms with Crippen molar-refractivity contribution in [2.75, 3.05) is 25.6 Å². The lowest BCUT2D eigenvalue weighted by Crippen LogP contribution is -2.42. The number of nitrogens with one attached hydrogen (secondary N) is 1. The zero-order chi connectivity index (χ0) is 30.6. The molecule has 0 saturated carbocycles. The van der Waals surface area contributed by atoms with Gasteiger partial charge < -0.3 is 20.1 Å². The van der Waals surface area contributed by atoms with E-state index in [1.165, 1.54) is 25.7 Å². The van der Waals surface area contributed by atoms with E-state index in [2.05, 4.69) is 22.2 Å². The number of ether oxygens (including phenoxy) is 1. The largest absolute Gasteiger partial charge is 0.494 e. The maximum absolute atomic E-state index is 12.7. The van der Waals surface area contributed by atoms with Gasteiger partial charge in [-0.1, -0.05) is 69.0 Å². The fraction of sp³-hybridized carbons (Fsp3) is 0.314. The van der Waals surface area contributed by atoms with Crippen molar-refractivity contribution in [2.24, 2.45) is 0 Å². The molecule has 4 aromatic rings. The number of rotatable bonds is 15. The lowest BCUT2D eigenvalue weighted by atomic mass is 10.0. The second-order valence-electron chi connectivity index (χ2n) is 10.8. The summed E-state index contributed by atoms with van der Waals surface area (Å²) in [5, 5.41) is 12.4. The highest BCUT2D eigenvalue weighted by atomic mass is 16.5. The van der Waals surface area contributed by atoms with Crippen molar-refractivity contribution in [3.8, 4) is 28.3 Å². The molecule has 0 aliphatic rings. The lowest BCUT2D eigenvalue weighted by molar-refractivity contribution is -0.139. The predicted octanol–water partition coefficient (Wildman–Crippen LogP) is 6.65. The molecule has 4 rings (SSSR count). The van der Waals surface area contributed by atoms with Gasteiger partial charge >= 0.3 is 5.97 Å². The summed E-state index contributed by atoms with van der Waals surface area (Å²) in [7, 11) is 3.82. The van der Waals surface area contributed by atoms with E-state index in [1.807, 2.05) is 79.7 Å². The molecular weight excluding hydrogens is 540 g/mol. The van der Waals surface area contributed by atoms with Crippen molar-refractivity contribution < 1.29 is 19.4 Å². The highest BCUT2D eigenvalue weighted by Crippen LogP contribution is 2.24. The Bertz CT molecular complexity index is 1450. The minimum atomic E-state index is -1.09. The molecule has 224 valence electrons. The van der Waals surface area contributed by atoms with Gasteiger partial charge in [0.2, 0.25) is 0 Å². The first kappa shape index (κ1) is 31.2. The molecule has 8 heteroatoms. The van der Waals surface area contributed by atoms with Crippen LogP contribution in [-0.2, 0) is 11.2 Å². The number of amides is 1. The second-order valence-corrected chi connectivity index (χ2v) is 10.8. The van der Waals surface area contributed by atoms with Gasteiger partial charge in [-0.15, -0.1) is 0 Å². The molecule has 0 spiro atoms. The SMILES string of the molecule is CCCCCCCOc1ccc(-c2cnc(-c3ccc(CC(NC(=O)c4ccc(N(C)C)cc4)C(=O)O)cc3)nc2)cc1. The van der Waals surface area contributed by atoms with E-state index in [4.69, 9.17) is 4.74 Å². The smallest absolute Gasteiger partial charge is 0.326 e. The number of carbonyl (C=O) groups is 2. The van der Waals surface area contributed by atoms with E-state index < -0.39 is 17.9 Å². The average molecular weight is 581 g/mol. The summed E-state index contributed by atoms with van der Waals surface area (Å²) in [6.45, 7) is 2.95. The van der Waals surface area contributed by atoms with Crippen molar-refractivity contribution in [3.05, 3.63) is 96.3 Å². The molecule has 0 saturated heterocycles. The van der Waals surface area contributed by atoms with Crippen LogP contribution in [0.1, 0.15) is 54.9 Å². The van der Waals surface area contributed by atoms with Crippen LogP contribution in [-0.4, -0.2) is 53.7 Å². The molecule has 0 bridgehead atoms. The van der Waals surface area contributed by atoms with E-state index in [9.17, 15) is 14.7 Å². The molecule has 2 N–H and O–H groups in total. The number of aliphatic carboxylic acids is 1. The van der Waals surface area contributed by atoms with E-state index in [0.717, 1.165) is 46.7 Å². The minimum absolute atomic E-state index is 0.148. The van der Waals surface area contributed by atoms with Crippen LogP contribution in [0.2, 0.25) is 0 Å². The summed E-state index contributed by atoms with van der Waals surface area (Å²) < 4.78 is 5.86. The van der Waals surface area contributed by atoms with Gasteiger partial charge in [0.05, 0.1) is 6.61 Å². The molecule has 1 aromatic heterocycles. The number of unbranched alkanes of at least 4 members (excludes halogenated alkanes) is 4. The zero-order valence-electron chi connectivity index (χ0n) is 25.1. The molecular formula is C35H40N4O4. The van der Waals surface area contributed by atoms with Crippen LogP contribution < -0.4 is 15.0 Å². The average Bonchev–Trinajstić information content (AvgIpc) is 3.03. The Labute approximate surface area is 253 Å². The third kappa shape index (κ3) is 9.13. The molecule has 0 fully saturated rings. The number of anilines is 1. The van der Waals surface area contributed by atoms with Crippen LogP contribution in [0.15, 0.2) is 85.2 Å². The monoisotopic (exact) mass is 580 g/mol. The van der Waals surface area contributed by atoms with Crippen molar-refractivity contribution in [1.29, 1.82) is 0 Å². The van der Waals surface area contributed by atoms with Crippen LogP contribution in [0.5, 0.6) is 5.75 Å². The number of carbonyl (C=O) groups excluding carboxylic acids is 1. The van der Waals surface area contributed by atoms with E-state index in [-0.39, 0.29) is 6.42 Å². The highest BCUT2D eigenvalue weighted by molar-refractivity contribution is 5.97. The van der Waals surface area contributed by atoms with E-state index in [0.29, 0.717) is 11.4 Å². The van der Waals surface area contributed by atoms with Gasteiger partial charge in [0.15, 0.2) is 5.82 Å². The van der Waals surface area contributed by atoms with Crippen LogP contribution in [0.25, 0.3) is 22.5 Å². The maximum atomic E-state index is 12.7. The van der Waals surface area contributed by atoms with E-state index >= 15 is 0 Å². The Morgan fingerprint density at radius 1 is 0.814 bits per heavy atom. The van der Waals surface area contributed by atoms with Crippen LogP contribution >= 0.6 is 0 Å². The molecule has 1 unspecified atom stereocenters. The number of carboxylic acids is 1. The summed E-state index contributed by atoms with van der Waals surface area (Å²) in [5.74, 6) is -0.0890. The molecule has 0 aliphatic heterocycles. The number of hydrogen-bond donors (Lipinski definition) is 2. The molecule has 0 radical (unpaired) electrons. The van der Waals surface area contributed by atoms with Gasteiger partial charge in [0.1, 0.15) is 11.8 Å². The Balaban J connectivity index is 1.32. The molecule has 1 amide bonds. The van der Waals surface area contributed by atoms with Crippen molar-refractivity contribution in [2.45, 2.75) is 51.5 Å². The van der Waals surface area contributed by atoms with Gasteiger partial charge in [0.25, 0.3) is 5.91 Å². The summed E-state index contributed by atoms with van der Waals surface area (Å²) >= 11 is 0. The third-order valence-electron chi connectivity index (χ3n) is 7.26. The fourth-order valence-electron chi connectivity index (χ4n) is 4.64. The predicted molar refractivity (Wildman–Crippen MR) is 171 cm³/mol. The summed E-state index contributed by atoms with van der Waals surface area (Å²) in [6.07, 6.45) is 9.79. The first-order valence-corrected chi connectivity index (χ1v) is 14.8. The Hall–Kier alpha value is -4.72. The van der Waals surface area contributed by atoms with Crippen molar-refractivity contribution in [1.82, 2.24) is 15.3 Å². The zero-order valence-corrected chi connectivity index (χ0v) is 25.1. The quantitative estimate of drug-likeness (QED) is 0.152. The second kappa shape index (κ2) is 15.5. The fourth-order valence-corrected chi connectivity index (χ4v) is 4.64. The van der Waals surface area contributed by atoms with Crippen LogP contribution in [0.3, 0.4) is 0 Å². The number of nitrogens with zero attached hydrogens (tertiary/aromatic N) is 3. The third-order valence-corrected chi connectivity index (χ3v) is 7.26. The Morgan fingerprint density at radius 2 is 1.44 bits per heavy atom. The molecule has 0 aliphatic carbocycles. The van der Waals surface area contributed by atoms with Gasteiger partial charge in [-0.05, 0) is 53.9 Å².